The lowest BCUT2D eigenvalue weighted by Gasteiger charge is -2.29. The lowest BCUT2D eigenvalue weighted by atomic mass is 9.99. The van der Waals surface area contributed by atoms with Gasteiger partial charge in [0.15, 0.2) is 6.61 Å². The molecule has 0 aliphatic carbocycles. The SMILES string of the molecule is C=C1NC(=O)CO/C1=C/C=C(\N)C1NC(=O)NC(COc2cccc(NC(C)=O)c2)=C1C(=O)OCc1cccc(N)c1. The molecule has 13 heteroatoms. The number of nitrogens with two attached hydrogens (primary N) is 2. The topological polar surface area (TPSA) is 196 Å². The fourth-order valence-electron chi connectivity index (χ4n) is 4.07. The Hall–Kier alpha value is -5.72. The molecule has 0 aromatic heterocycles. The van der Waals surface area contributed by atoms with Gasteiger partial charge in [0.05, 0.1) is 17.0 Å². The summed E-state index contributed by atoms with van der Waals surface area (Å²) < 4.78 is 16.8. The van der Waals surface area contributed by atoms with E-state index in [1.165, 1.54) is 19.1 Å². The molecule has 0 spiro atoms. The number of rotatable bonds is 9. The van der Waals surface area contributed by atoms with Crippen molar-refractivity contribution in [3.8, 4) is 5.75 Å². The number of urea groups is 1. The number of amides is 4. The molecular weight excluding hydrogens is 544 g/mol. The second kappa shape index (κ2) is 13.1. The first-order chi connectivity index (χ1) is 20.1. The summed E-state index contributed by atoms with van der Waals surface area (Å²) in [5, 5.41) is 10.4. The number of nitrogen functional groups attached to an aromatic ring is 1. The van der Waals surface area contributed by atoms with E-state index in [9.17, 15) is 19.2 Å². The van der Waals surface area contributed by atoms with Crippen LogP contribution in [0.2, 0.25) is 0 Å². The third-order valence-corrected chi connectivity index (χ3v) is 5.94. The molecule has 0 saturated carbocycles. The van der Waals surface area contributed by atoms with Crippen molar-refractivity contribution in [2.75, 3.05) is 24.3 Å². The first-order valence-corrected chi connectivity index (χ1v) is 12.7. The average molecular weight is 575 g/mol. The number of anilines is 2. The monoisotopic (exact) mass is 574 g/mol. The van der Waals surface area contributed by atoms with E-state index in [1.807, 2.05) is 0 Å². The minimum Gasteiger partial charge on any atom is -0.487 e. The van der Waals surface area contributed by atoms with Gasteiger partial charge in [-0.15, -0.1) is 0 Å². The highest BCUT2D eigenvalue weighted by Gasteiger charge is 2.34. The zero-order chi connectivity index (χ0) is 30.2. The highest BCUT2D eigenvalue weighted by Crippen LogP contribution is 2.23. The van der Waals surface area contributed by atoms with Crippen LogP contribution in [-0.2, 0) is 30.5 Å². The summed E-state index contributed by atoms with van der Waals surface area (Å²) in [6.45, 7) is 4.58. The van der Waals surface area contributed by atoms with E-state index in [0.29, 0.717) is 22.7 Å². The molecule has 2 aromatic rings. The number of morpholine rings is 1. The second-order valence-corrected chi connectivity index (χ2v) is 9.26. The molecule has 0 radical (unpaired) electrons. The maximum absolute atomic E-state index is 13.5. The molecule has 1 atom stereocenters. The number of nitrogens with one attached hydrogen (secondary N) is 4. The van der Waals surface area contributed by atoms with Crippen molar-refractivity contribution in [1.29, 1.82) is 0 Å². The predicted octanol–water partition coefficient (Wildman–Crippen LogP) is 1.67. The number of carbonyl (C=O) groups is 4. The number of esters is 1. The first kappa shape index (κ1) is 29.3. The van der Waals surface area contributed by atoms with E-state index in [4.69, 9.17) is 25.7 Å². The molecule has 2 aliphatic rings. The van der Waals surface area contributed by atoms with Crippen molar-refractivity contribution in [3.63, 3.8) is 0 Å². The van der Waals surface area contributed by atoms with Gasteiger partial charge in [-0.3, -0.25) is 9.59 Å². The minimum atomic E-state index is -1.11. The summed E-state index contributed by atoms with van der Waals surface area (Å²) in [5.41, 5.74) is 14.3. The molecule has 2 aliphatic heterocycles. The van der Waals surface area contributed by atoms with Crippen LogP contribution in [0, 0.1) is 0 Å². The molecule has 42 heavy (non-hydrogen) atoms. The van der Waals surface area contributed by atoms with E-state index < -0.39 is 18.0 Å². The van der Waals surface area contributed by atoms with Crippen LogP contribution in [0.3, 0.4) is 0 Å². The van der Waals surface area contributed by atoms with Crippen LogP contribution in [0.4, 0.5) is 16.2 Å². The third kappa shape index (κ3) is 7.69. The van der Waals surface area contributed by atoms with E-state index in [0.717, 1.165) is 0 Å². The lowest BCUT2D eigenvalue weighted by Crippen LogP contribution is -2.53. The van der Waals surface area contributed by atoms with Crippen molar-refractivity contribution < 1.29 is 33.4 Å². The molecule has 1 unspecified atom stereocenters. The van der Waals surface area contributed by atoms with Gasteiger partial charge in [-0.05, 0) is 42.0 Å². The fourth-order valence-corrected chi connectivity index (χ4v) is 4.07. The summed E-state index contributed by atoms with van der Waals surface area (Å²) in [6, 6.07) is 11.7. The molecule has 0 bridgehead atoms. The van der Waals surface area contributed by atoms with Gasteiger partial charge >= 0.3 is 12.0 Å². The largest absolute Gasteiger partial charge is 0.487 e. The molecule has 4 amide bonds. The summed E-state index contributed by atoms with van der Waals surface area (Å²) in [7, 11) is 0. The van der Waals surface area contributed by atoms with Gasteiger partial charge < -0.3 is 46.9 Å². The molecule has 218 valence electrons. The zero-order valence-corrected chi connectivity index (χ0v) is 22.7. The summed E-state index contributed by atoms with van der Waals surface area (Å²) in [4.78, 5) is 49.0. The first-order valence-electron chi connectivity index (χ1n) is 12.7. The van der Waals surface area contributed by atoms with Crippen molar-refractivity contribution in [2.24, 2.45) is 5.73 Å². The number of benzene rings is 2. The molecular formula is C29H30N6O7. The Morgan fingerprint density at radius 2 is 1.93 bits per heavy atom. The quantitative estimate of drug-likeness (QED) is 0.191. The Bertz CT molecular complexity index is 1530. The van der Waals surface area contributed by atoms with E-state index in [1.54, 1.807) is 48.5 Å². The van der Waals surface area contributed by atoms with Gasteiger partial charge in [0.2, 0.25) is 5.91 Å². The molecule has 1 saturated heterocycles. The van der Waals surface area contributed by atoms with Gasteiger partial charge in [0.1, 0.15) is 30.8 Å². The van der Waals surface area contributed by atoms with Gasteiger partial charge in [0, 0.05) is 30.1 Å². The van der Waals surface area contributed by atoms with Gasteiger partial charge in [0.25, 0.3) is 5.91 Å². The summed E-state index contributed by atoms with van der Waals surface area (Å²) in [6.07, 6.45) is 2.89. The Morgan fingerprint density at radius 1 is 1.14 bits per heavy atom. The minimum absolute atomic E-state index is 0.000334. The van der Waals surface area contributed by atoms with E-state index >= 15 is 0 Å². The van der Waals surface area contributed by atoms with Crippen LogP contribution < -0.4 is 37.5 Å². The summed E-state index contributed by atoms with van der Waals surface area (Å²) in [5.74, 6) is -0.741. The zero-order valence-electron chi connectivity index (χ0n) is 22.7. The van der Waals surface area contributed by atoms with Gasteiger partial charge in [-0.25, -0.2) is 9.59 Å². The maximum Gasteiger partial charge on any atom is 0.338 e. The van der Waals surface area contributed by atoms with Crippen LogP contribution in [0.1, 0.15) is 12.5 Å². The number of allylic oxidation sites excluding steroid dienone is 2. The van der Waals surface area contributed by atoms with Crippen molar-refractivity contribution in [2.45, 2.75) is 19.6 Å². The maximum atomic E-state index is 13.5. The van der Waals surface area contributed by atoms with Crippen LogP contribution in [0.5, 0.6) is 5.75 Å². The Morgan fingerprint density at radius 3 is 2.67 bits per heavy atom. The number of carbonyl (C=O) groups excluding carboxylic acids is 4. The summed E-state index contributed by atoms with van der Waals surface area (Å²) >= 11 is 0. The Labute approximate surface area is 241 Å². The highest BCUT2D eigenvalue weighted by molar-refractivity contribution is 5.96. The molecule has 4 rings (SSSR count). The second-order valence-electron chi connectivity index (χ2n) is 9.26. The van der Waals surface area contributed by atoms with Crippen molar-refractivity contribution >= 4 is 35.2 Å². The molecule has 1 fully saturated rings. The van der Waals surface area contributed by atoms with Crippen LogP contribution in [-0.4, -0.2) is 43.1 Å². The van der Waals surface area contributed by atoms with Crippen LogP contribution in [0.25, 0.3) is 0 Å². The van der Waals surface area contributed by atoms with Gasteiger partial charge in [-0.2, -0.15) is 0 Å². The molecule has 13 nitrogen and oxygen atoms in total. The number of ether oxygens (including phenoxy) is 3. The van der Waals surface area contributed by atoms with Crippen LogP contribution >= 0.6 is 0 Å². The van der Waals surface area contributed by atoms with Crippen LogP contribution in [0.15, 0.2) is 95.7 Å². The molecule has 2 heterocycles. The van der Waals surface area contributed by atoms with E-state index in [-0.39, 0.29) is 60.1 Å². The normalized spacial score (nSPS) is 17.9. The lowest BCUT2D eigenvalue weighted by molar-refractivity contribution is -0.140. The number of hydrogen-bond acceptors (Lipinski definition) is 9. The fraction of sp³-hybridized carbons (Fsp3) is 0.172. The van der Waals surface area contributed by atoms with Gasteiger partial charge in [-0.1, -0.05) is 24.8 Å². The smallest absolute Gasteiger partial charge is 0.338 e. The third-order valence-electron chi connectivity index (χ3n) is 5.94. The molecule has 8 N–H and O–H groups in total. The van der Waals surface area contributed by atoms with Crippen molar-refractivity contribution in [1.82, 2.24) is 16.0 Å². The molecule has 2 aromatic carbocycles. The Kier molecular flexibility index (Phi) is 9.12. The number of hydrogen-bond donors (Lipinski definition) is 6. The standard InChI is InChI=1S/C29H30N6O7/c1-16-24(41-15-25(37)32-16)10-9-22(31)27-26(28(38)42-13-18-5-3-6-19(30)11-18)23(34-29(39)35-27)14-40-21-8-4-7-20(12-21)33-17(2)36/h3-12,27H,1,13-15,30-31H2,2H3,(H,32,37)(H,33,36)(H2,34,35,39)/b22-9-,24-10+. The van der Waals surface area contributed by atoms with E-state index in [2.05, 4.69) is 27.8 Å². The Balaban J connectivity index is 1.63. The highest BCUT2D eigenvalue weighted by atomic mass is 16.5. The average Bonchev–Trinajstić information content (AvgIpc) is 2.94. The van der Waals surface area contributed by atoms with Crippen molar-refractivity contribution in [3.05, 3.63) is 101 Å². The predicted molar refractivity (Wildman–Crippen MR) is 153 cm³/mol.